The average molecular weight is 213 g/mol. The van der Waals surface area contributed by atoms with E-state index >= 15 is 0 Å². The Morgan fingerprint density at radius 3 is 2.67 bits per heavy atom. The third-order valence-corrected chi connectivity index (χ3v) is 3.51. The van der Waals surface area contributed by atoms with E-state index in [9.17, 15) is 4.79 Å². The van der Waals surface area contributed by atoms with Crippen LogP contribution < -0.4 is 5.32 Å². The van der Waals surface area contributed by atoms with Gasteiger partial charge in [-0.3, -0.25) is 4.79 Å². The molecule has 2 aliphatic rings. The standard InChI is InChI=1S/C11H19NO3/c13-10(14)6-9-7-12-11(8-15-9)4-2-1-3-5-11/h9,12H,1-8H2,(H,13,14). The molecular weight excluding hydrogens is 194 g/mol. The van der Waals surface area contributed by atoms with Gasteiger partial charge in [0, 0.05) is 12.1 Å². The van der Waals surface area contributed by atoms with Crippen LogP contribution in [0.5, 0.6) is 0 Å². The van der Waals surface area contributed by atoms with Gasteiger partial charge in [-0.05, 0) is 12.8 Å². The van der Waals surface area contributed by atoms with Crippen molar-refractivity contribution in [1.29, 1.82) is 0 Å². The number of rotatable bonds is 2. The molecule has 1 unspecified atom stereocenters. The Balaban J connectivity index is 1.82. The number of carboxylic acids is 1. The molecule has 1 aliphatic heterocycles. The Morgan fingerprint density at radius 2 is 2.13 bits per heavy atom. The van der Waals surface area contributed by atoms with Gasteiger partial charge in [0.15, 0.2) is 0 Å². The fourth-order valence-corrected chi connectivity index (χ4v) is 2.59. The van der Waals surface area contributed by atoms with Gasteiger partial charge in [0.05, 0.1) is 19.1 Å². The molecule has 4 heteroatoms. The highest BCUT2D eigenvalue weighted by atomic mass is 16.5. The van der Waals surface area contributed by atoms with Crippen molar-refractivity contribution in [2.75, 3.05) is 13.2 Å². The summed E-state index contributed by atoms with van der Waals surface area (Å²) in [4.78, 5) is 10.5. The number of nitrogens with one attached hydrogen (secondary N) is 1. The maximum atomic E-state index is 10.5. The van der Waals surface area contributed by atoms with E-state index < -0.39 is 5.97 Å². The lowest BCUT2D eigenvalue weighted by atomic mass is 9.81. The number of ether oxygens (including phenoxy) is 1. The summed E-state index contributed by atoms with van der Waals surface area (Å²) < 4.78 is 5.64. The molecule has 2 rings (SSSR count). The Hall–Kier alpha value is -0.610. The van der Waals surface area contributed by atoms with Crippen LogP contribution in [0.4, 0.5) is 0 Å². The highest BCUT2D eigenvalue weighted by Crippen LogP contribution is 2.30. The first kappa shape index (κ1) is 10.9. The van der Waals surface area contributed by atoms with Gasteiger partial charge >= 0.3 is 5.97 Å². The summed E-state index contributed by atoms with van der Waals surface area (Å²) in [6.07, 6.45) is 6.17. The smallest absolute Gasteiger partial charge is 0.306 e. The molecule has 1 saturated carbocycles. The van der Waals surface area contributed by atoms with Gasteiger partial charge < -0.3 is 15.2 Å². The second-order valence-electron chi connectivity index (χ2n) is 4.75. The van der Waals surface area contributed by atoms with Crippen molar-refractivity contribution < 1.29 is 14.6 Å². The zero-order valence-corrected chi connectivity index (χ0v) is 9.00. The number of morpholine rings is 1. The quantitative estimate of drug-likeness (QED) is 0.722. The molecule has 1 aliphatic carbocycles. The fraction of sp³-hybridized carbons (Fsp3) is 0.909. The van der Waals surface area contributed by atoms with E-state index in [4.69, 9.17) is 9.84 Å². The SMILES string of the molecule is O=C(O)CC1CNC2(CCCCC2)CO1. The molecule has 0 aromatic rings. The first-order valence-electron chi connectivity index (χ1n) is 5.79. The van der Waals surface area contributed by atoms with Crippen molar-refractivity contribution in [3.63, 3.8) is 0 Å². The summed E-state index contributed by atoms with van der Waals surface area (Å²) in [7, 11) is 0. The van der Waals surface area contributed by atoms with E-state index in [0.29, 0.717) is 13.2 Å². The first-order valence-corrected chi connectivity index (χ1v) is 5.79. The number of aliphatic carboxylic acids is 1. The molecule has 0 bridgehead atoms. The minimum Gasteiger partial charge on any atom is -0.481 e. The van der Waals surface area contributed by atoms with Crippen LogP contribution in [-0.4, -0.2) is 35.9 Å². The van der Waals surface area contributed by atoms with E-state index in [1.165, 1.54) is 32.1 Å². The van der Waals surface area contributed by atoms with Crippen LogP contribution in [0.15, 0.2) is 0 Å². The lowest BCUT2D eigenvalue weighted by Gasteiger charge is -2.43. The summed E-state index contributed by atoms with van der Waals surface area (Å²) in [5.41, 5.74) is 0.160. The number of carboxylic acid groups (broad SMARTS) is 1. The molecule has 0 amide bonds. The highest BCUT2D eigenvalue weighted by molar-refractivity contribution is 5.67. The van der Waals surface area contributed by atoms with Crippen LogP contribution in [0, 0.1) is 0 Å². The summed E-state index contributed by atoms with van der Waals surface area (Å²) in [5.74, 6) is -0.776. The zero-order chi connectivity index (χ0) is 10.7. The van der Waals surface area contributed by atoms with Crippen molar-refractivity contribution in [2.45, 2.75) is 50.2 Å². The number of hydrogen-bond acceptors (Lipinski definition) is 3. The lowest BCUT2D eigenvalue weighted by Crippen LogP contribution is -2.58. The molecule has 1 saturated heterocycles. The third kappa shape index (κ3) is 2.69. The Kier molecular flexibility index (Phi) is 3.26. The predicted octanol–water partition coefficient (Wildman–Crippen LogP) is 1.15. The fourth-order valence-electron chi connectivity index (χ4n) is 2.59. The van der Waals surface area contributed by atoms with Crippen LogP contribution in [0.25, 0.3) is 0 Å². The summed E-state index contributed by atoms with van der Waals surface area (Å²) in [5, 5.41) is 12.2. The lowest BCUT2D eigenvalue weighted by molar-refractivity contribution is -0.142. The molecule has 86 valence electrons. The highest BCUT2D eigenvalue weighted by Gasteiger charge is 2.36. The molecule has 0 aromatic heterocycles. The van der Waals surface area contributed by atoms with Gasteiger partial charge in [-0.15, -0.1) is 0 Å². The van der Waals surface area contributed by atoms with Gasteiger partial charge in [-0.2, -0.15) is 0 Å². The molecule has 2 fully saturated rings. The van der Waals surface area contributed by atoms with Gasteiger partial charge in [-0.25, -0.2) is 0 Å². The largest absolute Gasteiger partial charge is 0.481 e. The van der Waals surface area contributed by atoms with Gasteiger partial charge in [-0.1, -0.05) is 19.3 Å². The molecule has 1 heterocycles. The minimum atomic E-state index is -0.776. The monoisotopic (exact) mass is 213 g/mol. The number of carbonyl (C=O) groups is 1. The van der Waals surface area contributed by atoms with Crippen LogP contribution >= 0.6 is 0 Å². The van der Waals surface area contributed by atoms with Crippen molar-refractivity contribution in [3.8, 4) is 0 Å². The van der Waals surface area contributed by atoms with E-state index in [2.05, 4.69) is 5.32 Å². The molecule has 2 N–H and O–H groups in total. The summed E-state index contributed by atoms with van der Waals surface area (Å²) in [6.45, 7) is 1.37. The molecule has 4 nitrogen and oxygen atoms in total. The molecule has 15 heavy (non-hydrogen) atoms. The van der Waals surface area contributed by atoms with E-state index in [1.54, 1.807) is 0 Å². The molecule has 1 atom stereocenters. The second kappa shape index (κ2) is 4.49. The number of hydrogen-bond donors (Lipinski definition) is 2. The van der Waals surface area contributed by atoms with Crippen molar-refractivity contribution in [3.05, 3.63) is 0 Å². The summed E-state index contributed by atoms with van der Waals surface area (Å²) in [6, 6.07) is 0. The molecule has 1 spiro atoms. The third-order valence-electron chi connectivity index (χ3n) is 3.51. The maximum absolute atomic E-state index is 10.5. The minimum absolute atomic E-state index is 0.114. The van der Waals surface area contributed by atoms with Gasteiger partial charge in [0.1, 0.15) is 0 Å². The van der Waals surface area contributed by atoms with Crippen molar-refractivity contribution >= 4 is 5.97 Å². The second-order valence-corrected chi connectivity index (χ2v) is 4.75. The molecule has 0 radical (unpaired) electrons. The van der Waals surface area contributed by atoms with Crippen LogP contribution in [0.3, 0.4) is 0 Å². The Bertz CT molecular complexity index is 226. The van der Waals surface area contributed by atoms with Gasteiger partial charge in [0.25, 0.3) is 0 Å². The Morgan fingerprint density at radius 1 is 1.40 bits per heavy atom. The maximum Gasteiger partial charge on any atom is 0.306 e. The Labute approximate surface area is 90.0 Å². The van der Waals surface area contributed by atoms with E-state index in [-0.39, 0.29) is 18.1 Å². The zero-order valence-electron chi connectivity index (χ0n) is 9.00. The van der Waals surface area contributed by atoms with Crippen LogP contribution in [0.2, 0.25) is 0 Å². The van der Waals surface area contributed by atoms with E-state index in [0.717, 1.165) is 0 Å². The summed E-state index contributed by atoms with van der Waals surface area (Å²) >= 11 is 0. The average Bonchev–Trinajstić information content (AvgIpc) is 2.23. The molecular formula is C11H19NO3. The predicted molar refractivity (Wildman–Crippen MR) is 55.8 cm³/mol. The van der Waals surface area contributed by atoms with Gasteiger partial charge in [0.2, 0.25) is 0 Å². The topological polar surface area (TPSA) is 58.6 Å². The molecule has 0 aromatic carbocycles. The normalized spacial score (nSPS) is 30.3. The van der Waals surface area contributed by atoms with Crippen molar-refractivity contribution in [1.82, 2.24) is 5.32 Å². The first-order chi connectivity index (χ1) is 7.20. The van der Waals surface area contributed by atoms with Crippen LogP contribution in [0.1, 0.15) is 38.5 Å². The van der Waals surface area contributed by atoms with Crippen LogP contribution in [-0.2, 0) is 9.53 Å². The van der Waals surface area contributed by atoms with Crippen molar-refractivity contribution in [2.24, 2.45) is 0 Å². The van der Waals surface area contributed by atoms with E-state index in [1.807, 2.05) is 0 Å².